The maximum atomic E-state index is 11.1. The van der Waals surface area contributed by atoms with Gasteiger partial charge in [-0.25, -0.2) is 0 Å². The fraction of sp³-hybridized carbons (Fsp3) is 0.118. The lowest BCUT2D eigenvalue weighted by atomic mass is 9.92. The molecule has 2 unspecified atom stereocenters. The molecule has 0 saturated heterocycles. The Morgan fingerprint density at radius 3 is 2.14 bits per heavy atom. The van der Waals surface area contributed by atoms with E-state index in [9.17, 15) is 15.0 Å². The van der Waals surface area contributed by atoms with Crippen LogP contribution < -0.4 is 5.73 Å². The van der Waals surface area contributed by atoms with Crippen LogP contribution in [0.5, 0.6) is 0 Å². The second kappa shape index (κ2) is 5.16. The second-order valence-corrected chi connectivity index (χ2v) is 5.02. The van der Waals surface area contributed by atoms with E-state index in [-0.39, 0.29) is 0 Å². The normalized spacial score (nSPS) is 14.2. The van der Waals surface area contributed by atoms with E-state index in [4.69, 9.17) is 5.73 Å². The van der Waals surface area contributed by atoms with E-state index < -0.39 is 18.1 Å². The first-order valence-corrected chi connectivity index (χ1v) is 6.65. The second-order valence-electron chi connectivity index (χ2n) is 5.02. The number of primary amides is 1. The molecule has 3 aromatic carbocycles. The Morgan fingerprint density at radius 2 is 1.48 bits per heavy atom. The van der Waals surface area contributed by atoms with Gasteiger partial charge < -0.3 is 15.9 Å². The van der Waals surface area contributed by atoms with Crippen LogP contribution in [-0.2, 0) is 4.79 Å². The van der Waals surface area contributed by atoms with E-state index in [1.807, 2.05) is 48.5 Å². The van der Waals surface area contributed by atoms with Crippen LogP contribution in [-0.4, -0.2) is 22.2 Å². The van der Waals surface area contributed by atoms with Gasteiger partial charge in [-0.15, -0.1) is 0 Å². The van der Waals surface area contributed by atoms with Crippen molar-refractivity contribution in [2.24, 2.45) is 5.73 Å². The molecule has 0 saturated carbocycles. The molecule has 4 heteroatoms. The number of aliphatic hydroxyl groups is 2. The van der Waals surface area contributed by atoms with Crippen molar-refractivity contribution < 1.29 is 15.0 Å². The van der Waals surface area contributed by atoms with Crippen LogP contribution in [0, 0.1) is 0 Å². The van der Waals surface area contributed by atoms with Gasteiger partial charge in [-0.2, -0.15) is 0 Å². The number of aliphatic hydroxyl groups excluding tert-OH is 2. The van der Waals surface area contributed by atoms with E-state index >= 15 is 0 Å². The third kappa shape index (κ3) is 2.24. The van der Waals surface area contributed by atoms with Crippen molar-refractivity contribution in [3.05, 3.63) is 60.2 Å². The Labute approximate surface area is 121 Å². The minimum Gasteiger partial charge on any atom is -0.385 e. The number of carbonyl (C=O) groups excluding carboxylic acids is 1. The Hall–Kier alpha value is -2.43. The molecular weight excluding hydrogens is 266 g/mol. The number of nitrogens with two attached hydrogens (primary N) is 1. The van der Waals surface area contributed by atoms with Gasteiger partial charge in [0.25, 0.3) is 0 Å². The molecule has 106 valence electrons. The van der Waals surface area contributed by atoms with Gasteiger partial charge in [-0.1, -0.05) is 48.5 Å². The summed E-state index contributed by atoms with van der Waals surface area (Å²) < 4.78 is 0. The molecule has 0 heterocycles. The molecule has 0 radical (unpaired) electrons. The van der Waals surface area contributed by atoms with E-state index in [1.54, 1.807) is 6.07 Å². The van der Waals surface area contributed by atoms with Crippen molar-refractivity contribution in [3.63, 3.8) is 0 Å². The molecule has 0 bridgehead atoms. The van der Waals surface area contributed by atoms with Gasteiger partial charge in [0.15, 0.2) is 6.10 Å². The van der Waals surface area contributed by atoms with Crippen molar-refractivity contribution >= 4 is 27.5 Å². The molecule has 3 rings (SSSR count). The largest absolute Gasteiger partial charge is 0.385 e. The zero-order valence-electron chi connectivity index (χ0n) is 11.2. The highest BCUT2D eigenvalue weighted by Gasteiger charge is 2.25. The van der Waals surface area contributed by atoms with Crippen LogP contribution in [0.25, 0.3) is 21.5 Å². The van der Waals surface area contributed by atoms with E-state index in [0.29, 0.717) is 5.56 Å². The SMILES string of the molecule is NC(=O)C(O)C(O)c1cc2ccccc2c2ccccc12. The van der Waals surface area contributed by atoms with Crippen LogP contribution in [0.15, 0.2) is 54.6 Å². The van der Waals surface area contributed by atoms with Crippen LogP contribution in [0.3, 0.4) is 0 Å². The van der Waals surface area contributed by atoms with Crippen molar-refractivity contribution in [3.8, 4) is 0 Å². The summed E-state index contributed by atoms with van der Waals surface area (Å²) in [5.74, 6) is -0.945. The molecule has 4 nitrogen and oxygen atoms in total. The summed E-state index contributed by atoms with van der Waals surface area (Å²) in [6.45, 7) is 0. The molecule has 4 N–H and O–H groups in total. The fourth-order valence-corrected chi connectivity index (χ4v) is 2.65. The molecule has 1 amide bonds. The van der Waals surface area contributed by atoms with Gasteiger partial charge in [-0.05, 0) is 33.2 Å². The minimum absolute atomic E-state index is 0.496. The van der Waals surface area contributed by atoms with Gasteiger partial charge in [0, 0.05) is 0 Å². The summed E-state index contributed by atoms with van der Waals surface area (Å²) in [4.78, 5) is 11.1. The van der Waals surface area contributed by atoms with Gasteiger partial charge in [0.05, 0.1) is 0 Å². The number of hydrogen-bond acceptors (Lipinski definition) is 3. The molecule has 3 aromatic rings. The lowest BCUT2D eigenvalue weighted by Crippen LogP contribution is -2.33. The van der Waals surface area contributed by atoms with Crippen molar-refractivity contribution in [2.45, 2.75) is 12.2 Å². The lowest BCUT2D eigenvalue weighted by Gasteiger charge is -2.18. The maximum absolute atomic E-state index is 11.1. The Bertz CT molecular complexity index is 828. The predicted octanol–water partition coefficient (Wildman–Crippen LogP) is 1.87. The monoisotopic (exact) mass is 281 g/mol. The number of hydrogen-bond donors (Lipinski definition) is 3. The molecule has 21 heavy (non-hydrogen) atoms. The Balaban J connectivity index is 2.32. The molecular formula is C17H15NO3. The summed E-state index contributed by atoms with van der Waals surface area (Å²) >= 11 is 0. The lowest BCUT2D eigenvalue weighted by molar-refractivity contribution is -0.131. The summed E-state index contributed by atoms with van der Waals surface area (Å²) in [7, 11) is 0. The van der Waals surface area contributed by atoms with E-state index in [1.165, 1.54) is 0 Å². The maximum Gasteiger partial charge on any atom is 0.249 e. The molecule has 2 atom stereocenters. The average Bonchev–Trinajstić information content (AvgIpc) is 2.52. The van der Waals surface area contributed by atoms with Crippen molar-refractivity contribution in [1.82, 2.24) is 0 Å². The Morgan fingerprint density at radius 1 is 0.905 bits per heavy atom. The molecule has 0 aromatic heterocycles. The third-order valence-corrected chi connectivity index (χ3v) is 3.71. The zero-order chi connectivity index (χ0) is 15.0. The minimum atomic E-state index is -1.63. The van der Waals surface area contributed by atoms with Crippen LogP contribution in [0.2, 0.25) is 0 Å². The molecule has 0 fully saturated rings. The third-order valence-electron chi connectivity index (χ3n) is 3.71. The summed E-state index contributed by atoms with van der Waals surface area (Å²) in [5.41, 5.74) is 5.58. The number of carbonyl (C=O) groups is 1. The predicted molar refractivity (Wildman–Crippen MR) is 81.6 cm³/mol. The average molecular weight is 281 g/mol. The highest BCUT2D eigenvalue weighted by molar-refractivity contribution is 6.09. The standard InChI is InChI=1S/C17H15NO3/c18-17(21)16(20)15(19)14-9-10-5-1-2-6-11(10)12-7-3-4-8-13(12)14/h1-9,15-16,19-20H,(H2,18,21). The smallest absolute Gasteiger partial charge is 0.249 e. The summed E-state index contributed by atoms with van der Waals surface area (Å²) in [6.07, 6.45) is -2.98. The van der Waals surface area contributed by atoms with Crippen LogP contribution in [0.4, 0.5) is 0 Å². The first-order chi connectivity index (χ1) is 10.1. The van der Waals surface area contributed by atoms with E-state index in [0.717, 1.165) is 21.5 Å². The number of amides is 1. The van der Waals surface area contributed by atoms with Crippen LogP contribution >= 0.6 is 0 Å². The fourth-order valence-electron chi connectivity index (χ4n) is 2.65. The molecule has 0 aliphatic heterocycles. The quantitative estimate of drug-likeness (QED) is 0.641. The topological polar surface area (TPSA) is 83.6 Å². The first kappa shape index (κ1) is 13.5. The van der Waals surface area contributed by atoms with Gasteiger partial charge in [-0.3, -0.25) is 4.79 Å². The van der Waals surface area contributed by atoms with Gasteiger partial charge in [0.1, 0.15) is 6.10 Å². The van der Waals surface area contributed by atoms with Crippen molar-refractivity contribution in [2.75, 3.05) is 0 Å². The highest BCUT2D eigenvalue weighted by atomic mass is 16.3. The van der Waals surface area contributed by atoms with E-state index in [2.05, 4.69) is 0 Å². The van der Waals surface area contributed by atoms with Crippen LogP contribution in [0.1, 0.15) is 11.7 Å². The summed E-state index contributed by atoms with van der Waals surface area (Å²) in [6, 6.07) is 17.1. The van der Waals surface area contributed by atoms with Gasteiger partial charge in [0.2, 0.25) is 5.91 Å². The number of benzene rings is 3. The highest BCUT2D eigenvalue weighted by Crippen LogP contribution is 2.32. The number of fused-ring (bicyclic) bond motifs is 3. The van der Waals surface area contributed by atoms with Crippen molar-refractivity contribution in [1.29, 1.82) is 0 Å². The zero-order valence-corrected chi connectivity index (χ0v) is 11.2. The molecule has 0 aliphatic rings. The molecule has 0 spiro atoms. The number of rotatable bonds is 3. The summed E-state index contributed by atoms with van der Waals surface area (Å²) in [5, 5.41) is 23.8. The Kier molecular flexibility index (Phi) is 3.33. The van der Waals surface area contributed by atoms with Gasteiger partial charge >= 0.3 is 0 Å². The first-order valence-electron chi connectivity index (χ1n) is 6.65. The molecule has 0 aliphatic carbocycles.